The van der Waals surface area contributed by atoms with E-state index in [1.807, 2.05) is 60.7 Å². The maximum atomic E-state index is 12.0. The Morgan fingerprint density at radius 3 is 2.30 bits per heavy atom. The zero-order valence-electron chi connectivity index (χ0n) is 12.6. The van der Waals surface area contributed by atoms with Crippen LogP contribution in [0.4, 0.5) is 4.79 Å². The summed E-state index contributed by atoms with van der Waals surface area (Å²) in [4.78, 5) is 16.0. The molecule has 0 fully saturated rings. The number of hydrogen-bond acceptors (Lipinski definition) is 3. The van der Waals surface area contributed by atoms with Crippen LogP contribution in [0, 0.1) is 0 Å². The summed E-state index contributed by atoms with van der Waals surface area (Å²) >= 11 is 2.60. The number of carbonyl (C=O) groups excluding carboxylic acids is 1. The van der Waals surface area contributed by atoms with E-state index in [4.69, 9.17) is 4.74 Å². The molecule has 1 N–H and O–H groups in total. The number of ether oxygens (including phenoxy) is 1. The van der Waals surface area contributed by atoms with Gasteiger partial charge in [-0.2, -0.15) is 0 Å². The van der Waals surface area contributed by atoms with Gasteiger partial charge in [0, 0.05) is 0 Å². The number of rotatable bonds is 7. The second-order valence-corrected chi connectivity index (χ2v) is 5.41. The fraction of sp³-hybridized carbons (Fsp3) is 0.222. The Balaban J connectivity index is 1.88. The van der Waals surface area contributed by atoms with Crippen molar-refractivity contribution in [2.75, 3.05) is 6.54 Å². The van der Waals surface area contributed by atoms with Crippen LogP contribution in [0.5, 0.6) is 0 Å². The molecule has 2 aromatic rings. The van der Waals surface area contributed by atoms with Crippen LogP contribution >= 0.6 is 0 Å². The molecule has 0 spiro atoms. The van der Waals surface area contributed by atoms with E-state index >= 15 is 0 Å². The molecule has 5 heteroatoms. The van der Waals surface area contributed by atoms with Crippen LogP contribution in [0.15, 0.2) is 65.7 Å². The van der Waals surface area contributed by atoms with E-state index in [9.17, 15) is 4.79 Å². The summed E-state index contributed by atoms with van der Waals surface area (Å²) in [7, 11) is 0. The summed E-state index contributed by atoms with van der Waals surface area (Å²) in [6.45, 7) is 0.698. The fourth-order valence-electron chi connectivity index (χ4n) is 2.14. The van der Waals surface area contributed by atoms with E-state index in [2.05, 4.69) is 30.6 Å². The first-order valence-electron chi connectivity index (χ1n) is 7.32. The molecule has 0 saturated heterocycles. The molecule has 0 radical (unpaired) electrons. The molecule has 0 aromatic heterocycles. The van der Waals surface area contributed by atoms with Crippen LogP contribution in [0.2, 0.25) is 0 Å². The molecule has 118 valence electrons. The minimum absolute atomic E-state index is 0.137. The van der Waals surface area contributed by atoms with Gasteiger partial charge in [0.05, 0.1) is 0 Å². The van der Waals surface area contributed by atoms with Gasteiger partial charge in [0.25, 0.3) is 0 Å². The Labute approximate surface area is 143 Å². The summed E-state index contributed by atoms with van der Waals surface area (Å²) < 4.78 is 7.88. The maximum absolute atomic E-state index is 12.0. The van der Waals surface area contributed by atoms with Crippen molar-refractivity contribution in [1.82, 2.24) is 5.32 Å². The third-order valence-corrected chi connectivity index (χ3v) is 3.51. The number of aliphatic imine (C=N–C) groups is 1. The van der Waals surface area contributed by atoms with E-state index in [1.165, 1.54) is 0 Å². The quantitative estimate of drug-likeness (QED) is 0.599. The van der Waals surface area contributed by atoms with Gasteiger partial charge in [-0.05, 0) is 0 Å². The molecule has 2 aromatic carbocycles. The molecule has 23 heavy (non-hydrogen) atoms. The van der Waals surface area contributed by atoms with Gasteiger partial charge in [-0.3, -0.25) is 0 Å². The summed E-state index contributed by atoms with van der Waals surface area (Å²) in [6, 6.07) is 19.4. The summed E-state index contributed by atoms with van der Waals surface area (Å²) in [6.07, 6.45) is 0.247. The van der Waals surface area contributed by atoms with Crippen molar-refractivity contribution in [3.8, 4) is 0 Å². The molecule has 0 bridgehead atoms. The van der Waals surface area contributed by atoms with Gasteiger partial charge >= 0.3 is 144 Å². The predicted octanol–water partition coefficient (Wildman–Crippen LogP) is 2.60. The molecular weight excluding hydrogens is 355 g/mol. The Bertz CT molecular complexity index is 655. The van der Waals surface area contributed by atoms with Crippen molar-refractivity contribution in [1.29, 1.82) is 0 Å². The SMILES string of the molecule is O=C(N[C@H](CN=C=[Se])Cc1ccccc1)OCc1ccccc1. The van der Waals surface area contributed by atoms with E-state index in [0.717, 1.165) is 11.1 Å². The van der Waals surface area contributed by atoms with Gasteiger partial charge in [0.15, 0.2) is 0 Å². The molecule has 0 saturated carbocycles. The number of nitrogens with zero attached hydrogens (tertiary/aromatic N) is 1. The molecule has 2 rings (SSSR count). The second kappa shape index (κ2) is 9.75. The average molecular weight is 373 g/mol. The molecule has 0 aliphatic rings. The third-order valence-electron chi connectivity index (χ3n) is 3.24. The monoisotopic (exact) mass is 374 g/mol. The van der Waals surface area contributed by atoms with Crippen LogP contribution in [0.3, 0.4) is 0 Å². The van der Waals surface area contributed by atoms with E-state index in [1.54, 1.807) is 0 Å². The van der Waals surface area contributed by atoms with Crippen molar-refractivity contribution >= 4 is 26.4 Å². The number of carbonyl (C=O) groups is 1. The second-order valence-electron chi connectivity index (χ2n) is 5.02. The number of nitrogens with one attached hydrogen (secondary N) is 1. The van der Waals surface area contributed by atoms with Gasteiger partial charge in [-0.25, -0.2) is 0 Å². The van der Waals surface area contributed by atoms with E-state index < -0.39 is 6.09 Å². The zero-order valence-corrected chi connectivity index (χ0v) is 14.4. The summed E-state index contributed by atoms with van der Waals surface area (Å²) in [5.74, 6) is 0. The van der Waals surface area contributed by atoms with Gasteiger partial charge in [0.1, 0.15) is 0 Å². The Kier molecular flexibility index (Phi) is 7.28. The van der Waals surface area contributed by atoms with Crippen LogP contribution in [0.25, 0.3) is 0 Å². The fourth-order valence-corrected chi connectivity index (χ4v) is 2.30. The van der Waals surface area contributed by atoms with Crippen molar-refractivity contribution in [2.24, 2.45) is 4.99 Å². The zero-order chi connectivity index (χ0) is 16.3. The van der Waals surface area contributed by atoms with Crippen molar-refractivity contribution < 1.29 is 9.53 Å². The number of amides is 1. The van der Waals surface area contributed by atoms with E-state index in [0.29, 0.717) is 13.0 Å². The van der Waals surface area contributed by atoms with Crippen LogP contribution < -0.4 is 5.32 Å². The third kappa shape index (κ3) is 6.62. The van der Waals surface area contributed by atoms with Crippen molar-refractivity contribution in [3.63, 3.8) is 0 Å². The molecule has 0 heterocycles. The summed E-state index contributed by atoms with van der Waals surface area (Å²) in [5.41, 5.74) is 2.09. The van der Waals surface area contributed by atoms with Crippen LogP contribution in [0.1, 0.15) is 11.1 Å². The molecular formula is C18H18N2O2Se. The van der Waals surface area contributed by atoms with Crippen LogP contribution in [-0.4, -0.2) is 39.0 Å². The first-order valence-corrected chi connectivity index (χ1v) is 8.18. The molecule has 0 aliphatic heterocycles. The Morgan fingerprint density at radius 1 is 1.09 bits per heavy atom. The minimum atomic E-state index is -0.440. The molecule has 1 atom stereocenters. The standard InChI is InChI=1S/C18H18N2O2Se/c21-18(22-13-16-9-5-2-6-10-16)20-17(12-19-14-23)11-15-7-3-1-4-8-15/h1-10,17H,11-13H2,(H,20,21)/t17-/m0/s1. The van der Waals surface area contributed by atoms with E-state index in [-0.39, 0.29) is 12.6 Å². The topological polar surface area (TPSA) is 50.7 Å². The number of alkyl carbamates (subject to hydrolysis) is 1. The molecule has 4 nitrogen and oxygen atoms in total. The Hall–Kier alpha value is -2.19. The van der Waals surface area contributed by atoms with Gasteiger partial charge in [0.2, 0.25) is 0 Å². The van der Waals surface area contributed by atoms with Gasteiger partial charge in [-0.15, -0.1) is 0 Å². The molecule has 0 unspecified atom stereocenters. The first-order chi connectivity index (χ1) is 11.3. The van der Waals surface area contributed by atoms with Crippen LogP contribution in [-0.2, 0) is 17.8 Å². The molecule has 1 amide bonds. The normalized spacial score (nSPS) is 11.1. The van der Waals surface area contributed by atoms with Gasteiger partial charge in [-0.1, -0.05) is 0 Å². The Morgan fingerprint density at radius 2 is 1.70 bits per heavy atom. The predicted molar refractivity (Wildman–Crippen MR) is 91.8 cm³/mol. The van der Waals surface area contributed by atoms with Crippen molar-refractivity contribution in [3.05, 3.63) is 71.8 Å². The summed E-state index contributed by atoms with van der Waals surface area (Å²) in [5, 5.41) is 2.86. The number of benzene rings is 2. The number of hydrogen-bond donors (Lipinski definition) is 1. The average Bonchev–Trinajstić information content (AvgIpc) is 2.60. The first kappa shape index (κ1) is 17.2. The van der Waals surface area contributed by atoms with Crippen molar-refractivity contribution in [2.45, 2.75) is 19.1 Å². The molecule has 0 aliphatic carbocycles. The van der Waals surface area contributed by atoms with Gasteiger partial charge < -0.3 is 0 Å².